The van der Waals surface area contributed by atoms with E-state index in [1.54, 1.807) is 0 Å². The minimum absolute atomic E-state index is 0.0418. The maximum atomic E-state index is 11.9. The van der Waals surface area contributed by atoms with E-state index < -0.39 is 17.4 Å². The molecule has 0 aromatic carbocycles. The number of nitrogens with zero attached hydrogens (tertiary/aromatic N) is 1. The minimum Gasteiger partial charge on any atom is -0.480 e. The summed E-state index contributed by atoms with van der Waals surface area (Å²) in [6.07, 6.45) is 1.62. The molecule has 0 unspecified atom stereocenters. The summed E-state index contributed by atoms with van der Waals surface area (Å²) in [7, 11) is 0. The number of amides is 1. The van der Waals surface area contributed by atoms with E-state index in [4.69, 9.17) is 28.3 Å². The van der Waals surface area contributed by atoms with Crippen LogP contribution in [-0.2, 0) is 4.79 Å². The van der Waals surface area contributed by atoms with Gasteiger partial charge in [-0.1, -0.05) is 23.2 Å². The molecule has 0 atom stereocenters. The number of nitrogens with one attached hydrogen (secondary N) is 1. The van der Waals surface area contributed by atoms with Crippen LogP contribution >= 0.6 is 23.2 Å². The molecule has 7 heteroatoms. The van der Waals surface area contributed by atoms with Gasteiger partial charge in [-0.15, -0.1) is 0 Å². The Bertz CT molecular complexity index is 515. The highest BCUT2D eigenvalue weighted by Gasteiger charge is 2.45. The number of carboxylic acid groups (broad SMARTS) is 1. The molecule has 0 bridgehead atoms. The number of hydrogen-bond donors (Lipinski definition) is 2. The third kappa shape index (κ3) is 2.28. The highest BCUT2D eigenvalue weighted by Crippen LogP contribution is 2.32. The van der Waals surface area contributed by atoms with Crippen molar-refractivity contribution >= 4 is 35.1 Å². The largest absolute Gasteiger partial charge is 0.480 e. The molecule has 0 spiro atoms. The van der Waals surface area contributed by atoms with Crippen LogP contribution in [0.2, 0.25) is 10.3 Å². The van der Waals surface area contributed by atoms with E-state index in [1.807, 2.05) is 0 Å². The van der Waals surface area contributed by atoms with Gasteiger partial charge in [-0.25, -0.2) is 9.78 Å². The molecule has 1 aliphatic carbocycles. The zero-order valence-corrected chi connectivity index (χ0v) is 10.8. The fourth-order valence-electron chi connectivity index (χ4n) is 1.79. The predicted octanol–water partition coefficient (Wildman–Crippen LogP) is 2.13. The van der Waals surface area contributed by atoms with E-state index in [2.05, 4.69) is 10.3 Å². The number of halogens is 2. The van der Waals surface area contributed by atoms with Crippen molar-refractivity contribution in [3.8, 4) is 0 Å². The first-order valence-electron chi connectivity index (χ1n) is 5.32. The Morgan fingerprint density at radius 3 is 2.44 bits per heavy atom. The van der Waals surface area contributed by atoms with Gasteiger partial charge in [0.25, 0.3) is 5.91 Å². The molecule has 1 fully saturated rings. The Morgan fingerprint density at radius 1 is 1.33 bits per heavy atom. The first-order valence-corrected chi connectivity index (χ1v) is 6.08. The molecule has 1 aromatic heterocycles. The van der Waals surface area contributed by atoms with Gasteiger partial charge in [0, 0.05) is 0 Å². The molecule has 2 N–H and O–H groups in total. The van der Waals surface area contributed by atoms with Crippen molar-refractivity contribution in [2.45, 2.75) is 24.8 Å². The molecule has 0 saturated heterocycles. The van der Waals surface area contributed by atoms with Crippen LogP contribution in [0.5, 0.6) is 0 Å². The first kappa shape index (κ1) is 13.1. The van der Waals surface area contributed by atoms with Crippen LogP contribution in [0.15, 0.2) is 12.1 Å². The van der Waals surface area contributed by atoms with Gasteiger partial charge >= 0.3 is 5.97 Å². The van der Waals surface area contributed by atoms with Crippen LogP contribution in [0, 0.1) is 0 Å². The fraction of sp³-hybridized carbons (Fsp3) is 0.364. The highest BCUT2D eigenvalue weighted by molar-refractivity contribution is 6.34. The maximum absolute atomic E-state index is 11.9. The van der Waals surface area contributed by atoms with E-state index in [1.165, 1.54) is 12.1 Å². The van der Waals surface area contributed by atoms with Crippen LogP contribution in [0.4, 0.5) is 0 Å². The van der Waals surface area contributed by atoms with Gasteiger partial charge in [0.15, 0.2) is 0 Å². The fourth-order valence-corrected chi connectivity index (χ4v) is 2.22. The molecule has 96 valence electrons. The highest BCUT2D eigenvalue weighted by atomic mass is 35.5. The Kier molecular flexibility index (Phi) is 3.45. The van der Waals surface area contributed by atoms with Crippen molar-refractivity contribution in [1.29, 1.82) is 0 Å². The molecular formula is C11H10Cl2N2O3. The first-order chi connectivity index (χ1) is 8.44. The van der Waals surface area contributed by atoms with E-state index in [0.717, 1.165) is 6.42 Å². The number of aromatic nitrogens is 1. The molecule has 1 aliphatic rings. The lowest BCUT2D eigenvalue weighted by Crippen LogP contribution is -2.59. The monoisotopic (exact) mass is 288 g/mol. The molecular weight excluding hydrogens is 279 g/mol. The number of hydrogen-bond acceptors (Lipinski definition) is 3. The van der Waals surface area contributed by atoms with Gasteiger partial charge in [-0.2, -0.15) is 0 Å². The zero-order valence-electron chi connectivity index (χ0n) is 9.24. The van der Waals surface area contributed by atoms with Gasteiger partial charge < -0.3 is 10.4 Å². The summed E-state index contributed by atoms with van der Waals surface area (Å²) in [6.45, 7) is 0. The van der Waals surface area contributed by atoms with Crippen molar-refractivity contribution in [3.05, 3.63) is 28.0 Å². The summed E-state index contributed by atoms with van der Waals surface area (Å²) >= 11 is 11.4. The summed E-state index contributed by atoms with van der Waals surface area (Å²) in [5.74, 6) is -1.58. The van der Waals surface area contributed by atoms with E-state index in [-0.39, 0.29) is 15.9 Å². The third-order valence-electron chi connectivity index (χ3n) is 3.03. The van der Waals surface area contributed by atoms with E-state index in [9.17, 15) is 9.59 Å². The molecule has 1 aromatic rings. The second-order valence-corrected chi connectivity index (χ2v) is 4.91. The third-order valence-corrected chi connectivity index (χ3v) is 3.53. The Labute approximate surface area is 113 Å². The van der Waals surface area contributed by atoms with Crippen molar-refractivity contribution in [1.82, 2.24) is 10.3 Å². The van der Waals surface area contributed by atoms with Crippen LogP contribution in [0.3, 0.4) is 0 Å². The normalized spacial score (nSPS) is 16.8. The van der Waals surface area contributed by atoms with Crippen LogP contribution in [-0.4, -0.2) is 27.5 Å². The number of carbonyl (C=O) groups is 2. The SMILES string of the molecule is O=C(NC1(C(=O)O)CCC1)c1ccc(Cl)nc1Cl. The van der Waals surface area contributed by atoms with Gasteiger partial charge in [0.1, 0.15) is 15.8 Å². The molecule has 0 radical (unpaired) electrons. The van der Waals surface area contributed by atoms with Gasteiger partial charge in [-0.3, -0.25) is 4.79 Å². The molecule has 1 heterocycles. The summed E-state index contributed by atoms with van der Waals surface area (Å²) in [5.41, 5.74) is -1.05. The van der Waals surface area contributed by atoms with E-state index in [0.29, 0.717) is 12.8 Å². The molecule has 0 aliphatic heterocycles. The number of pyridine rings is 1. The predicted molar refractivity (Wildman–Crippen MR) is 65.9 cm³/mol. The molecule has 1 saturated carbocycles. The second kappa shape index (κ2) is 4.74. The lowest BCUT2D eigenvalue weighted by molar-refractivity contribution is -0.148. The molecule has 2 rings (SSSR count). The summed E-state index contributed by atoms with van der Waals surface area (Å²) in [5, 5.41) is 11.7. The number of carboxylic acids is 1. The van der Waals surface area contributed by atoms with Crippen molar-refractivity contribution < 1.29 is 14.7 Å². The summed E-state index contributed by atoms with van der Waals surface area (Å²) in [4.78, 5) is 26.8. The maximum Gasteiger partial charge on any atom is 0.329 e. The van der Waals surface area contributed by atoms with Crippen LogP contribution in [0.25, 0.3) is 0 Å². The van der Waals surface area contributed by atoms with Crippen LogP contribution < -0.4 is 5.32 Å². The second-order valence-electron chi connectivity index (χ2n) is 4.17. The van der Waals surface area contributed by atoms with Gasteiger partial charge in [-0.05, 0) is 31.4 Å². The van der Waals surface area contributed by atoms with Crippen LogP contribution in [0.1, 0.15) is 29.6 Å². The van der Waals surface area contributed by atoms with Gasteiger partial charge in [0.2, 0.25) is 0 Å². The van der Waals surface area contributed by atoms with E-state index >= 15 is 0 Å². The quantitative estimate of drug-likeness (QED) is 0.835. The Morgan fingerprint density at radius 2 is 2.00 bits per heavy atom. The van der Waals surface area contributed by atoms with Gasteiger partial charge in [0.05, 0.1) is 5.56 Å². The zero-order chi connectivity index (χ0) is 13.3. The summed E-state index contributed by atoms with van der Waals surface area (Å²) in [6, 6.07) is 2.85. The number of aliphatic carboxylic acids is 1. The smallest absolute Gasteiger partial charge is 0.329 e. The molecule has 5 nitrogen and oxygen atoms in total. The topological polar surface area (TPSA) is 79.3 Å². The Hall–Kier alpha value is -1.33. The van der Waals surface area contributed by atoms with Crippen molar-refractivity contribution in [3.63, 3.8) is 0 Å². The number of carbonyl (C=O) groups excluding carboxylic acids is 1. The minimum atomic E-state index is -1.17. The standard InChI is InChI=1S/C11H10Cl2N2O3/c12-7-3-2-6(8(13)14-7)9(16)15-11(10(17)18)4-1-5-11/h2-3H,1,4-5H2,(H,15,16)(H,17,18). The average molecular weight is 289 g/mol. The molecule has 1 amide bonds. The van der Waals surface area contributed by atoms with Crippen molar-refractivity contribution in [2.24, 2.45) is 0 Å². The Balaban J connectivity index is 2.19. The molecule has 18 heavy (non-hydrogen) atoms. The lowest BCUT2D eigenvalue weighted by atomic mass is 9.76. The van der Waals surface area contributed by atoms with Crippen molar-refractivity contribution in [2.75, 3.05) is 0 Å². The number of rotatable bonds is 3. The lowest BCUT2D eigenvalue weighted by Gasteiger charge is -2.38. The average Bonchev–Trinajstić information content (AvgIpc) is 2.22. The summed E-state index contributed by atoms with van der Waals surface area (Å²) < 4.78 is 0.